The van der Waals surface area contributed by atoms with Crippen LogP contribution in [0.3, 0.4) is 0 Å². The van der Waals surface area contributed by atoms with Crippen molar-refractivity contribution in [2.75, 3.05) is 32.0 Å². The molecule has 0 unspecified atom stereocenters. The van der Waals surface area contributed by atoms with Crippen LogP contribution in [0, 0.1) is 11.3 Å². The molecule has 1 N–H and O–H groups in total. The van der Waals surface area contributed by atoms with E-state index >= 15 is 0 Å². The van der Waals surface area contributed by atoms with Crippen molar-refractivity contribution in [3.8, 4) is 6.07 Å². The zero-order valence-corrected chi connectivity index (χ0v) is 23.7. The second kappa shape index (κ2) is 12.8. The first-order chi connectivity index (χ1) is 19.2. The van der Waals surface area contributed by atoms with Gasteiger partial charge in [0, 0.05) is 19.5 Å². The molecule has 0 radical (unpaired) electrons. The maximum atomic E-state index is 13.4. The number of aryl methyl sites for hydroxylation is 1. The molecule has 3 aromatic carbocycles. The minimum atomic E-state index is -3.84. The van der Waals surface area contributed by atoms with E-state index < -0.39 is 10.0 Å². The monoisotopic (exact) mass is 559 g/mol. The van der Waals surface area contributed by atoms with Crippen molar-refractivity contribution in [3.63, 3.8) is 0 Å². The van der Waals surface area contributed by atoms with Gasteiger partial charge in [-0.3, -0.25) is 9.52 Å². The van der Waals surface area contributed by atoms with Gasteiger partial charge in [0.2, 0.25) is 0 Å². The lowest BCUT2D eigenvalue weighted by atomic mass is 10.1. The van der Waals surface area contributed by atoms with Gasteiger partial charge in [-0.25, -0.2) is 13.4 Å². The van der Waals surface area contributed by atoms with Gasteiger partial charge < -0.3 is 14.2 Å². The summed E-state index contributed by atoms with van der Waals surface area (Å²) in [6.07, 6.45) is 1.26. The van der Waals surface area contributed by atoms with Crippen molar-refractivity contribution in [1.82, 2.24) is 14.5 Å². The van der Waals surface area contributed by atoms with Gasteiger partial charge in [-0.2, -0.15) is 5.26 Å². The first kappa shape index (κ1) is 28.8. The number of anilines is 1. The number of sulfonamides is 1. The molecule has 0 spiro atoms. The number of carbonyl (C=O) groups is 1. The Kier molecular flexibility index (Phi) is 9.19. The highest BCUT2D eigenvalue weighted by molar-refractivity contribution is 7.92. The van der Waals surface area contributed by atoms with Crippen LogP contribution in [0.4, 0.5) is 5.69 Å². The zero-order valence-electron chi connectivity index (χ0n) is 22.9. The number of likely N-dealkylation sites (N-methyl/N-ethyl adjacent to an activating group) is 1. The number of ether oxygens (including phenoxy) is 1. The summed E-state index contributed by atoms with van der Waals surface area (Å²) in [6, 6.07) is 21.6. The Hall–Kier alpha value is -4.20. The molecule has 4 aromatic rings. The topological polar surface area (TPSA) is 117 Å². The smallest absolute Gasteiger partial charge is 0.307 e. The summed E-state index contributed by atoms with van der Waals surface area (Å²) in [5.74, 6) is 0.420. The molecule has 4 rings (SSSR count). The van der Waals surface area contributed by atoms with E-state index in [4.69, 9.17) is 15.0 Å². The molecule has 208 valence electrons. The van der Waals surface area contributed by atoms with Crippen molar-refractivity contribution in [3.05, 3.63) is 89.2 Å². The SMILES string of the molecule is CCOC(=O)CCn1c(Cc2ccc(C#N)cc2)nc2cc(NS(=O)(=O)c3ccccc3CCN(C)C)ccc21. The van der Waals surface area contributed by atoms with Crippen molar-refractivity contribution >= 4 is 32.7 Å². The number of benzene rings is 3. The average molecular weight is 560 g/mol. The molecule has 0 aliphatic heterocycles. The maximum Gasteiger partial charge on any atom is 0.307 e. The van der Waals surface area contributed by atoms with E-state index in [2.05, 4.69) is 10.8 Å². The number of nitrogens with one attached hydrogen (secondary N) is 1. The Bertz CT molecular complexity index is 1640. The number of rotatable bonds is 12. The molecule has 0 saturated heterocycles. The normalized spacial score (nSPS) is 11.5. The summed E-state index contributed by atoms with van der Waals surface area (Å²) in [5.41, 5.74) is 4.06. The number of hydrogen-bond donors (Lipinski definition) is 1. The predicted octanol–water partition coefficient (Wildman–Crippen LogP) is 4.36. The van der Waals surface area contributed by atoms with Crippen LogP contribution in [-0.4, -0.2) is 56.1 Å². The van der Waals surface area contributed by atoms with E-state index in [0.29, 0.717) is 42.8 Å². The summed E-state index contributed by atoms with van der Waals surface area (Å²) < 4.78 is 36.6. The predicted molar refractivity (Wildman–Crippen MR) is 154 cm³/mol. The largest absolute Gasteiger partial charge is 0.466 e. The maximum absolute atomic E-state index is 13.4. The highest BCUT2D eigenvalue weighted by Gasteiger charge is 2.20. The molecular weight excluding hydrogens is 526 g/mol. The molecule has 1 aromatic heterocycles. The summed E-state index contributed by atoms with van der Waals surface area (Å²) in [5, 5.41) is 9.11. The highest BCUT2D eigenvalue weighted by Crippen LogP contribution is 2.26. The van der Waals surface area contributed by atoms with E-state index in [1.165, 1.54) is 0 Å². The third-order valence-electron chi connectivity index (χ3n) is 6.46. The molecule has 0 fully saturated rings. The van der Waals surface area contributed by atoms with Crippen molar-refractivity contribution in [2.45, 2.75) is 37.6 Å². The van der Waals surface area contributed by atoms with Gasteiger partial charge in [0.05, 0.1) is 46.3 Å². The summed E-state index contributed by atoms with van der Waals surface area (Å²) in [4.78, 5) is 19.2. The van der Waals surface area contributed by atoms with Crippen LogP contribution in [-0.2, 0) is 38.9 Å². The number of carbonyl (C=O) groups excluding carboxylic acids is 1. The van der Waals surface area contributed by atoms with Crippen LogP contribution in [0.1, 0.15) is 35.9 Å². The molecule has 1 heterocycles. The van der Waals surface area contributed by atoms with Crippen LogP contribution >= 0.6 is 0 Å². The summed E-state index contributed by atoms with van der Waals surface area (Å²) in [7, 11) is 0.0635. The fourth-order valence-electron chi connectivity index (χ4n) is 4.47. The molecule has 0 atom stereocenters. The lowest BCUT2D eigenvalue weighted by Crippen LogP contribution is -2.19. The van der Waals surface area contributed by atoms with Crippen molar-refractivity contribution < 1.29 is 17.9 Å². The van der Waals surface area contributed by atoms with E-state index in [1.807, 2.05) is 53.9 Å². The summed E-state index contributed by atoms with van der Waals surface area (Å²) >= 11 is 0. The number of esters is 1. The van der Waals surface area contributed by atoms with Gasteiger partial charge in [-0.15, -0.1) is 0 Å². The second-order valence-corrected chi connectivity index (χ2v) is 11.3. The quantitative estimate of drug-likeness (QED) is 0.256. The first-order valence-corrected chi connectivity index (χ1v) is 14.6. The number of nitrogens with zero attached hydrogens (tertiary/aromatic N) is 4. The standard InChI is InChI=1S/C30H33N5O4S/c1-4-39-30(36)16-18-35-27-14-13-25(20-26(27)32-29(35)19-22-9-11-23(21-31)12-10-22)33-40(37,38)28-8-6-5-7-24(28)15-17-34(2)3/h5-14,20,33H,4,15-19H2,1-3H3. The fourth-order valence-corrected chi connectivity index (χ4v) is 5.79. The van der Waals surface area contributed by atoms with Gasteiger partial charge in [0.15, 0.2) is 0 Å². The molecule has 40 heavy (non-hydrogen) atoms. The van der Waals surface area contributed by atoms with Gasteiger partial charge in [-0.05, 0) is 75.0 Å². The lowest BCUT2D eigenvalue weighted by molar-refractivity contribution is -0.143. The Balaban J connectivity index is 1.65. The number of imidazole rings is 1. The Morgan fingerprint density at radius 3 is 2.55 bits per heavy atom. The third-order valence-corrected chi connectivity index (χ3v) is 7.94. The second-order valence-electron chi connectivity index (χ2n) is 9.69. The number of aromatic nitrogens is 2. The van der Waals surface area contributed by atoms with E-state index in [-0.39, 0.29) is 17.3 Å². The van der Waals surface area contributed by atoms with Crippen LogP contribution in [0.25, 0.3) is 11.0 Å². The Morgan fingerprint density at radius 1 is 1.10 bits per heavy atom. The zero-order chi connectivity index (χ0) is 28.7. The van der Waals surface area contributed by atoms with Gasteiger partial charge in [0.1, 0.15) is 5.82 Å². The van der Waals surface area contributed by atoms with Crippen molar-refractivity contribution in [2.24, 2.45) is 0 Å². The number of nitriles is 1. The minimum absolute atomic E-state index is 0.178. The minimum Gasteiger partial charge on any atom is -0.466 e. The van der Waals surface area contributed by atoms with Gasteiger partial charge in [-0.1, -0.05) is 30.3 Å². The van der Waals surface area contributed by atoms with Gasteiger partial charge in [0.25, 0.3) is 10.0 Å². The molecule has 0 aliphatic carbocycles. The van der Waals surface area contributed by atoms with E-state index in [9.17, 15) is 13.2 Å². The molecule has 0 saturated carbocycles. The molecule has 9 nitrogen and oxygen atoms in total. The first-order valence-electron chi connectivity index (χ1n) is 13.1. The van der Waals surface area contributed by atoms with E-state index in [0.717, 1.165) is 29.0 Å². The number of hydrogen-bond acceptors (Lipinski definition) is 7. The van der Waals surface area contributed by atoms with Crippen molar-refractivity contribution in [1.29, 1.82) is 5.26 Å². The fraction of sp³-hybridized carbons (Fsp3) is 0.300. The van der Waals surface area contributed by atoms with Crippen LogP contribution in [0.15, 0.2) is 71.6 Å². The molecule has 10 heteroatoms. The van der Waals surface area contributed by atoms with Crippen LogP contribution < -0.4 is 4.72 Å². The lowest BCUT2D eigenvalue weighted by Gasteiger charge is -2.14. The Morgan fingerprint density at radius 2 is 1.85 bits per heavy atom. The van der Waals surface area contributed by atoms with Crippen LogP contribution in [0.2, 0.25) is 0 Å². The van der Waals surface area contributed by atoms with Gasteiger partial charge >= 0.3 is 5.97 Å². The molecule has 0 aliphatic rings. The molecule has 0 amide bonds. The van der Waals surface area contributed by atoms with Crippen LogP contribution in [0.5, 0.6) is 0 Å². The highest BCUT2D eigenvalue weighted by atomic mass is 32.2. The third kappa shape index (κ3) is 7.05. The number of fused-ring (bicyclic) bond motifs is 1. The molecular formula is C30H33N5O4S. The Labute approximate surface area is 235 Å². The summed E-state index contributed by atoms with van der Waals surface area (Å²) in [6.45, 7) is 3.17. The molecule has 0 bridgehead atoms. The average Bonchev–Trinajstić information content (AvgIpc) is 3.27. The van der Waals surface area contributed by atoms with E-state index in [1.54, 1.807) is 43.3 Å².